The smallest absolute Gasteiger partial charge is 0.292 e. The highest BCUT2D eigenvalue weighted by Gasteiger charge is 2.21. The summed E-state index contributed by atoms with van der Waals surface area (Å²) in [7, 11) is 0. The Bertz CT molecular complexity index is 498. The van der Waals surface area contributed by atoms with Gasteiger partial charge in [0.05, 0.1) is 4.92 Å². The quantitative estimate of drug-likeness (QED) is 0.627. The second kappa shape index (κ2) is 5.66. The van der Waals surface area contributed by atoms with Crippen LogP contribution in [0.15, 0.2) is 18.2 Å². The monoisotopic (exact) mass is 264 g/mol. The molecule has 102 valence electrons. The molecule has 1 aromatic carbocycles. The van der Waals surface area contributed by atoms with E-state index in [2.05, 4.69) is 10.6 Å². The molecule has 0 bridgehead atoms. The Labute approximate surface area is 110 Å². The number of benzene rings is 1. The van der Waals surface area contributed by atoms with E-state index in [9.17, 15) is 14.9 Å². The van der Waals surface area contributed by atoms with Gasteiger partial charge in [-0.15, -0.1) is 0 Å². The van der Waals surface area contributed by atoms with Crippen molar-refractivity contribution in [2.45, 2.75) is 6.92 Å². The molecule has 7 heteroatoms. The van der Waals surface area contributed by atoms with Gasteiger partial charge in [0.2, 0.25) is 5.91 Å². The van der Waals surface area contributed by atoms with Gasteiger partial charge in [0.1, 0.15) is 5.69 Å². The number of hydrogen-bond donors (Lipinski definition) is 2. The van der Waals surface area contributed by atoms with Crippen molar-refractivity contribution in [1.82, 2.24) is 5.32 Å². The number of hydrogen-bond acceptors (Lipinski definition) is 5. The Morgan fingerprint density at radius 1 is 1.42 bits per heavy atom. The lowest BCUT2D eigenvalue weighted by atomic mass is 10.2. The molecule has 1 aliphatic rings. The van der Waals surface area contributed by atoms with Gasteiger partial charge >= 0.3 is 0 Å². The second-order valence-corrected chi connectivity index (χ2v) is 4.38. The van der Waals surface area contributed by atoms with Crippen LogP contribution >= 0.6 is 0 Å². The maximum absolute atomic E-state index is 11.1. The van der Waals surface area contributed by atoms with Crippen LogP contribution in [0.5, 0.6) is 0 Å². The molecule has 0 spiro atoms. The van der Waals surface area contributed by atoms with Crippen LogP contribution in [0.1, 0.15) is 6.92 Å². The Morgan fingerprint density at radius 3 is 2.68 bits per heavy atom. The molecule has 0 unspecified atom stereocenters. The first-order valence-electron chi connectivity index (χ1n) is 6.09. The van der Waals surface area contributed by atoms with Gasteiger partial charge in [-0.1, -0.05) is 0 Å². The van der Waals surface area contributed by atoms with Crippen molar-refractivity contribution >= 4 is 23.0 Å². The molecule has 0 radical (unpaired) electrons. The van der Waals surface area contributed by atoms with Crippen LogP contribution in [-0.2, 0) is 4.79 Å². The number of nitrogens with one attached hydrogen (secondary N) is 2. The number of rotatable bonds is 3. The number of piperazine rings is 1. The van der Waals surface area contributed by atoms with Crippen molar-refractivity contribution < 1.29 is 9.72 Å². The van der Waals surface area contributed by atoms with Crippen LogP contribution in [0.25, 0.3) is 0 Å². The van der Waals surface area contributed by atoms with Gasteiger partial charge in [-0.2, -0.15) is 0 Å². The lowest BCUT2D eigenvalue weighted by Gasteiger charge is -2.29. The molecular weight excluding hydrogens is 248 g/mol. The predicted octanol–water partition coefficient (Wildman–Crippen LogP) is 0.963. The molecule has 7 nitrogen and oxygen atoms in total. The summed E-state index contributed by atoms with van der Waals surface area (Å²) in [6.07, 6.45) is 0. The molecule has 0 aliphatic carbocycles. The normalized spacial score (nSPS) is 15.1. The van der Waals surface area contributed by atoms with E-state index in [1.54, 1.807) is 12.1 Å². The van der Waals surface area contributed by atoms with Crippen LogP contribution in [0.3, 0.4) is 0 Å². The summed E-state index contributed by atoms with van der Waals surface area (Å²) in [4.78, 5) is 23.7. The molecular formula is C12H16N4O3. The van der Waals surface area contributed by atoms with Crippen LogP contribution in [0.2, 0.25) is 0 Å². The molecule has 1 amide bonds. The van der Waals surface area contributed by atoms with E-state index >= 15 is 0 Å². The van der Waals surface area contributed by atoms with E-state index < -0.39 is 4.92 Å². The number of carbonyl (C=O) groups excluding carboxylic acids is 1. The van der Waals surface area contributed by atoms with E-state index in [1.807, 2.05) is 4.90 Å². The van der Waals surface area contributed by atoms with Crippen molar-refractivity contribution in [3.8, 4) is 0 Å². The average molecular weight is 264 g/mol. The zero-order valence-corrected chi connectivity index (χ0v) is 10.7. The van der Waals surface area contributed by atoms with Crippen LogP contribution in [0, 0.1) is 10.1 Å². The molecule has 19 heavy (non-hydrogen) atoms. The Morgan fingerprint density at radius 2 is 2.11 bits per heavy atom. The zero-order valence-electron chi connectivity index (χ0n) is 10.7. The van der Waals surface area contributed by atoms with Crippen molar-refractivity contribution in [1.29, 1.82) is 0 Å². The number of amides is 1. The third kappa shape index (κ3) is 3.19. The lowest BCUT2D eigenvalue weighted by Crippen LogP contribution is -2.43. The number of anilines is 2. The first kappa shape index (κ1) is 13.3. The van der Waals surface area contributed by atoms with E-state index in [4.69, 9.17) is 0 Å². The topological polar surface area (TPSA) is 87.5 Å². The lowest BCUT2D eigenvalue weighted by molar-refractivity contribution is -0.384. The van der Waals surface area contributed by atoms with E-state index in [1.165, 1.54) is 13.0 Å². The van der Waals surface area contributed by atoms with Crippen molar-refractivity contribution in [2.75, 3.05) is 36.4 Å². The first-order chi connectivity index (χ1) is 9.08. The van der Waals surface area contributed by atoms with E-state index in [0.717, 1.165) is 13.1 Å². The number of nitro groups is 1. The largest absolute Gasteiger partial charge is 0.363 e. The van der Waals surface area contributed by atoms with Crippen molar-refractivity contribution in [3.63, 3.8) is 0 Å². The molecule has 0 atom stereocenters. The van der Waals surface area contributed by atoms with Crippen LogP contribution in [-0.4, -0.2) is 37.0 Å². The van der Waals surface area contributed by atoms with E-state index in [-0.39, 0.29) is 11.6 Å². The fraction of sp³-hybridized carbons (Fsp3) is 0.417. The summed E-state index contributed by atoms with van der Waals surface area (Å²) in [5.74, 6) is -0.194. The highest BCUT2D eigenvalue weighted by Crippen LogP contribution is 2.31. The Kier molecular flexibility index (Phi) is 3.96. The Hall–Kier alpha value is -2.15. The summed E-state index contributed by atoms with van der Waals surface area (Å²) < 4.78 is 0. The number of carbonyl (C=O) groups is 1. The molecule has 1 fully saturated rings. The number of nitrogens with zero attached hydrogens (tertiary/aromatic N) is 2. The molecule has 1 saturated heterocycles. The van der Waals surface area contributed by atoms with Crippen LogP contribution in [0.4, 0.5) is 17.1 Å². The van der Waals surface area contributed by atoms with Gasteiger partial charge in [0.15, 0.2) is 0 Å². The van der Waals surface area contributed by atoms with Crippen LogP contribution < -0.4 is 15.5 Å². The fourth-order valence-electron chi connectivity index (χ4n) is 2.12. The minimum atomic E-state index is -0.394. The van der Waals surface area contributed by atoms with Gasteiger partial charge in [-0.25, -0.2) is 0 Å². The molecule has 0 saturated carbocycles. The standard InChI is InChI=1S/C12H16N4O3/c1-9(17)14-10-2-3-11(16(18)19)12(8-10)15-6-4-13-5-7-15/h2-3,8,13H,4-7H2,1H3,(H,14,17). The second-order valence-electron chi connectivity index (χ2n) is 4.38. The minimum Gasteiger partial charge on any atom is -0.363 e. The molecule has 1 aromatic rings. The van der Waals surface area contributed by atoms with Crippen molar-refractivity contribution in [3.05, 3.63) is 28.3 Å². The summed E-state index contributed by atoms with van der Waals surface area (Å²) in [6, 6.07) is 4.64. The maximum atomic E-state index is 11.1. The van der Waals surface area contributed by atoms with Gasteiger partial charge in [-0.3, -0.25) is 14.9 Å². The maximum Gasteiger partial charge on any atom is 0.292 e. The highest BCUT2D eigenvalue weighted by atomic mass is 16.6. The summed E-state index contributed by atoms with van der Waals surface area (Å²) in [5.41, 5.74) is 1.19. The fourth-order valence-corrected chi connectivity index (χ4v) is 2.12. The third-order valence-corrected chi connectivity index (χ3v) is 2.95. The Balaban J connectivity index is 2.34. The van der Waals surface area contributed by atoms with Gasteiger partial charge in [0.25, 0.3) is 5.69 Å². The third-order valence-electron chi connectivity index (χ3n) is 2.95. The molecule has 2 N–H and O–H groups in total. The SMILES string of the molecule is CC(=O)Nc1ccc([N+](=O)[O-])c(N2CCNCC2)c1. The van der Waals surface area contributed by atoms with Gasteiger partial charge < -0.3 is 15.5 Å². The van der Waals surface area contributed by atoms with Gasteiger partial charge in [-0.05, 0) is 12.1 Å². The average Bonchev–Trinajstić information content (AvgIpc) is 2.38. The van der Waals surface area contributed by atoms with E-state index in [0.29, 0.717) is 24.5 Å². The molecule has 1 heterocycles. The zero-order chi connectivity index (χ0) is 13.8. The first-order valence-corrected chi connectivity index (χ1v) is 6.09. The van der Waals surface area contributed by atoms with Gasteiger partial charge in [0, 0.05) is 44.9 Å². The summed E-state index contributed by atoms with van der Waals surface area (Å²) in [6.45, 7) is 4.42. The predicted molar refractivity (Wildman–Crippen MR) is 72.5 cm³/mol. The minimum absolute atomic E-state index is 0.0657. The molecule has 0 aromatic heterocycles. The summed E-state index contributed by atoms with van der Waals surface area (Å²) in [5, 5.41) is 16.9. The molecule has 2 rings (SSSR count). The summed E-state index contributed by atoms with van der Waals surface area (Å²) >= 11 is 0. The number of nitro benzene ring substituents is 1. The van der Waals surface area contributed by atoms with Crippen molar-refractivity contribution in [2.24, 2.45) is 0 Å². The highest BCUT2D eigenvalue weighted by molar-refractivity contribution is 5.90. The molecule has 1 aliphatic heterocycles.